The zero-order valence-corrected chi connectivity index (χ0v) is 20.6. The van der Waals surface area contributed by atoms with E-state index < -0.39 is 25.7 Å². The lowest BCUT2D eigenvalue weighted by molar-refractivity contribution is -0.0382. The largest absolute Gasteiger partial charge is 0.585 e. The maximum atomic E-state index is 12.4. The zero-order chi connectivity index (χ0) is 24.7. The summed E-state index contributed by atoms with van der Waals surface area (Å²) in [6.07, 6.45) is -0.789. The van der Waals surface area contributed by atoms with Gasteiger partial charge >= 0.3 is 12.9 Å². The summed E-state index contributed by atoms with van der Waals surface area (Å²) in [6.45, 7) is 1.67. The number of aromatic hydroxyl groups is 1. The number of ether oxygens (including phenoxy) is 2. The van der Waals surface area contributed by atoms with Crippen LogP contribution in [0.25, 0.3) is 11.2 Å². The summed E-state index contributed by atoms with van der Waals surface area (Å²) in [7, 11) is 2.20. The Kier molecular flexibility index (Phi) is 6.82. The summed E-state index contributed by atoms with van der Waals surface area (Å²) in [6, 6.07) is 0. The lowest BCUT2D eigenvalue weighted by Crippen LogP contribution is -2.28. The number of aromatic nitrogens is 6. The van der Waals surface area contributed by atoms with Crippen molar-refractivity contribution in [1.29, 1.82) is 0 Å². The third kappa shape index (κ3) is 4.25. The van der Waals surface area contributed by atoms with Crippen LogP contribution >= 0.6 is 18.6 Å². The van der Waals surface area contributed by atoms with Crippen molar-refractivity contribution in [1.82, 2.24) is 28.7 Å². The fourth-order valence-corrected chi connectivity index (χ4v) is 5.79. The van der Waals surface area contributed by atoms with E-state index in [0.29, 0.717) is 16.9 Å². The molecule has 4 N–H and O–H groups in total. The number of nitrogens with two attached hydrogens (primary N) is 1. The van der Waals surface area contributed by atoms with E-state index in [2.05, 4.69) is 15.0 Å². The van der Waals surface area contributed by atoms with E-state index in [9.17, 15) is 19.6 Å². The smallest absolute Gasteiger partial charge is 0.493 e. The van der Waals surface area contributed by atoms with Crippen LogP contribution in [0.15, 0.2) is 11.1 Å². The molecule has 5 atom stereocenters. The van der Waals surface area contributed by atoms with Gasteiger partial charge in [0, 0.05) is 20.0 Å². The topological polar surface area (TPSA) is 182 Å². The van der Waals surface area contributed by atoms with Crippen molar-refractivity contribution >= 4 is 35.7 Å². The van der Waals surface area contributed by atoms with Crippen LogP contribution in [0.4, 0.5) is 5.95 Å². The number of anilines is 1. The first-order valence-corrected chi connectivity index (χ1v) is 12.9. The molecular weight excluding hydrogens is 489 g/mol. The van der Waals surface area contributed by atoms with Crippen LogP contribution in [0, 0.1) is 5.92 Å². The Hall–Kier alpha value is -2.71. The third-order valence-electron chi connectivity index (χ3n) is 5.76. The van der Waals surface area contributed by atoms with Crippen molar-refractivity contribution in [3.63, 3.8) is 0 Å². The summed E-state index contributed by atoms with van der Waals surface area (Å²) >= 11 is 0.928. The van der Waals surface area contributed by atoms with Crippen molar-refractivity contribution in [2.45, 2.75) is 31.1 Å². The van der Waals surface area contributed by atoms with Crippen LogP contribution in [0.1, 0.15) is 18.8 Å². The average Bonchev–Trinajstić information content (AvgIpc) is 3.41. The van der Waals surface area contributed by atoms with Crippen LogP contribution in [0.3, 0.4) is 0 Å². The highest BCUT2D eigenvalue weighted by Crippen LogP contribution is 2.44. The Morgan fingerprint density at radius 3 is 2.71 bits per heavy atom. The molecule has 0 amide bonds. The SMILES string of the molecule is COc1nc(N)nc2c1ncn2C1OC(CO[P+](=O)SCc2c(O)n(C)c(=O)n2C)C(O)C1C. The van der Waals surface area contributed by atoms with E-state index in [4.69, 9.17) is 19.7 Å². The number of nitrogen functional groups attached to an aromatic ring is 1. The number of aliphatic hydroxyl groups is 1. The molecule has 0 radical (unpaired) electrons. The molecular formula is C18H25N7O7PS+. The average molecular weight is 514 g/mol. The summed E-state index contributed by atoms with van der Waals surface area (Å²) in [5.74, 6) is -0.223. The van der Waals surface area contributed by atoms with Gasteiger partial charge < -0.3 is 25.4 Å². The minimum Gasteiger partial charge on any atom is -0.493 e. The minimum atomic E-state index is -2.21. The number of aliphatic hydroxyl groups excluding tert-OH is 1. The molecule has 3 aromatic heterocycles. The van der Waals surface area contributed by atoms with Crippen molar-refractivity contribution in [2.24, 2.45) is 20.0 Å². The Balaban J connectivity index is 1.41. The fourth-order valence-electron chi connectivity index (χ4n) is 3.80. The Bertz CT molecular complexity index is 1290. The van der Waals surface area contributed by atoms with Crippen molar-refractivity contribution < 1.29 is 28.8 Å². The zero-order valence-electron chi connectivity index (χ0n) is 18.9. The summed E-state index contributed by atoms with van der Waals surface area (Å²) in [5.41, 5.74) is 6.51. The van der Waals surface area contributed by atoms with Gasteiger partial charge in [-0.1, -0.05) is 6.92 Å². The molecule has 5 unspecified atom stereocenters. The lowest BCUT2D eigenvalue weighted by Gasteiger charge is -2.17. The Morgan fingerprint density at radius 2 is 2.06 bits per heavy atom. The first-order valence-electron chi connectivity index (χ1n) is 10.2. The number of hydrogen-bond donors (Lipinski definition) is 3. The predicted molar refractivity (Wildman–Crippen MR) is 123 cm³/mol. The van der Waals surface area contributed by atoms with Gasteiger partial charge in [0.05, 0.1) is 31.0 Å². The van der Waals surface area contributed by atoms with Gasteiger partial charge in [-0.05, 0) is 4.57 Å². The highest BCUT2D eigenvalue weighted by atomic mass is 32.7. The monoisotopic (exact) mass is 514 g/mol. The number of fused-ring (bicyclic) bond motifs is 1. The fraction of sp³-hybridized carbons (Fsp3) is 0.556. The van der Waals surface area contributed by atoms with Crippen LogP contribution in [-0.2, 0) is 33.7 Å². The maximum Gasteiger partial charge on any atom is 0.585 e. The van der Waals surface area contributed by atoms with E-state index in [1.165, 1.54) is 32.1 Å². The summed E-state index contributed by atoms with van der Waals surface area (Å²) < 4.78 is 33.0. The first-order chi connectivity index (χ1) is 16.1. The van der Waals surface area contributed by atoms with Gasteiger partial charge in [-0.2, -0.15) is 9.97 Å². The number of hydrogen-bond acceptors (Lipinski definition) is 12. The molecule has 1 aliphatic rings. The minimum absolute atomic E-state index is 0.00755. The molecule has 14 nitrogen and oxygen atoms in total. The summed E-state index contributed by atoms with van der Waals surface area (Å²) in [4.78, 5) is 24.4. The van der Waals surface area contributed by atoms with Crippen LogP contribution in [-0.4, -0.2) is 64.8 Å². The Labute approximate surface area is 198 Å². The van der Waals surface area contributed by atoms with Gasteiger partial charge in [0.15, 0.2) is 22.5 Å². The number of nitrogens with zero attached hydrogens (tertiary/aromatic N) is 6. The van der Waals surface area contributed by atoms with Gasteiger partial charge in [0.1, 0.15) is 18.9 Å². The van der Waals surface area contributed by atoms with E-state index in [1.54, 1.807) is 11.5 Å². The normalized spacial score (nSPS) is 23.0. The number of imidazole rings is 2. The molecule has 34 heavy (non-hydrogen) atoms. The second-order valence-corrected chi connectivity index (χ2v) is 10.7. The molecule has 4 rings (SSSR count). The lowest BCUT2D eigenvalue weighted by atomic mass is 10.0. The molecule has 1 saturated heterocycles. The van der Waals surface area contributed by atoms with Gasteiger partial charge in [-0.15, -0.1) is 4.52 Å². The second-order valence-electron chi connectivity index (χ2n) is 7.79. The molecule has 4 heterocycles. The highest BCUT2D eigenvalue weighted by Gasteiger charge is 2.44. The van der Waals surface area contributed by atoms with Gasteiger partial charge in [-0.25, -0.2) is 9.78 Å². The van der Waals surface area contributed by atoms with E-state index in [-0.39, 0.29) is 41.7 Å². The molecule has 184 valence electrons. The molecule has 0 aromatic carbocycles. The summed E-state index contributed by atoms with van der Waals surface area (Å²) in [5, 5.41) is 20.7. The van der Waals surface area contributed by atoms with Crippen LogP contribution in [0.2, 0.25) is 0 Å². The maximum absolute atomic E-state index is 12.4. The van der Waals surface area contributed by atoms with Crippen molar-refractivity contribution in [3.05, 3.63) is 22.5 Å². The van der Waals surface area contributed by atoms with Gasteiger partial charge in [0.2, 0.25) is 17.7 Å². The molecule has 1 fully saturated rings. The number of methoxy groups -OCH3 is 1. The molecule has 0 spiro atoms. The first kappa shape index (κ1) is 24.4. The molecule has 16 heteroatoms. The third-order valence-corrected chi connectivity index (χ3v) is 8.07. The molecule has 0 saturated carbocycles. The highest BCUT2D eigenvalue weighted by molar-refractivity contribution is 8.49. The molecule has 0 aliphatic carbocycles. The molecule has 0 bridgehead atoms. The van der Waals surface area contributed by atoms with Crippen molar-refractivity contribution in [2.75, 3.05) is 19.5 Å². The Morgan fingerprint density at radius 1 is 1.32 bits per heavy atom. The van der Waals surface area contributed by atoms with E-state index in [0.717, 1.165) is 15.9 Å². The van der Waals surface area contributed by atoms with Gasteiger partial charge in [-0.3, -0.25) is 13.7 Å². The number of rotatable bonds is 8. The van der Waals surface area contributed by atoms with E-state index in [1.807, 2.05) is 0 Å². The predicted octanol–water partition coefficient (Wildman–Crippen LogP) is 0.662. The standard InChI is InChI=1S/C18H24N7O7PS/c1-8-12(26)10(5-31-33(29)34-6-9-15(27)24(3)18(28)23(9)2)32-16(8)25-7-20-11-13(25)21-17(19)22-14(11)30-4/h7-8,10,12,16,26H,5-6H2,1-4H3,(H2-,19,21,22,27)/p+1. The molecule has 3 aromatic rings. The molecule has 1 aliphatic heterocycles. The van der Waals surface area contributed by atoms with E-state index >= 15 is 0 Å². The van der Waals surface area contributed by atoms with Crippen LogP contribution in [0.5, 0.6) is 11.8 Å². The van der Waals surface area contributed by atoms with Gasteiger partial charge in [0.25, 0.3) is 0 Å². The van der Waals surface area contributed by atoms with Crippen LogP contribution < -0.4 is 16.2 Å². The quantitative estimate of drug-likeness (QED) is 0.358. The van der Waals surface area contributed by atoms with Crippen molar-refractivity contribution in [3.8, 4) is 11.8 Å². The second kappa shape index (κ2) is 9.50.